The van der Waals surface area contributed by atoms with Gasteiger partial charge < -0.3 is 5.32 Å². The molecule has 0 unspecified atom stereocenters. The lowest BCUT2D eigenvalue weighted by molar-refractivity contribution is -0.111. The molecule has 0 bridgehead atoms. The second kappa shape index (κ2) is 5.33. The van der Waals surface area contributed by atoms with E-state index >= 15 is 0 Å². The molecule has 0 aliphatic carbocycles. The number of rotatable bonds is 3. The molecule has 0 aliphatic heterocycles. The predicted octanol–water partition coefficient (Wildman–Crippen LogP) is 2.60. The lowest BCUT2D eigenvalue weighted by Crippen LogP contribution is -2.08. The molecule has 1 heterocycles. The highest BCUT2D eigenvalue weighted by Gasteiger charge is 2.07. The third-order valence-electron chi connectivity index (χ3n) is 2.41. The Morgan fingerprint density at radius 1 is 1.58 bits per heavy atom. The van der Waals surface area contributed by atoms with E-state index < -0.39 is 11.7 Å². The van der Waals surface area contributed by atoms with Gasteiger partial charge in [0.05, 0.1) is 6.20 Å². The van der Waals surface area contributed by atoms with Gasteiger partial charge in [-0.15, -0.1) is 5.73 Å². The number of amides is 1. The molecule has 0 saturated carbocycles. The summed E-state index contributed by atoms with van der Waals surface area (Å²) in [5.41, 5.74) is 3.97. The Bertz CT molecular complexity index is 669. The van der Waals surface area contributed by atoms with Gasteiger partial charge in [-0.05, 0) is 30.7 Å². The number of aryl methyl sites for hydroxylation is 1. The molecule has 0 saturated heterocycles. The first-order valence-corrected chi connectivity index (χ1v) is 5.58. The molecular weight excluding hydrogens is 245 g/mol. The van der Waals surface area contributed by atoms with Gasteiger partial charge in [-0.25, -0.2) is 9.07 Å². The first-order valence-electron chi connectivity index (χ1n) is 5.58. The van der Waals surface area contributed by atoms with Crippen LogP contribution in [0, 0.1) is 12.7 Å². The normalized spacial score (nSPS) is 9.79. The monoisotopic (exact) mass is 257 g/mol. The van der Waals surface area contributed by atoms with Crippen molar-refractivity contribution in [2.24, 2.45) is 0 Å². The molecule has 1 amide bonds. The second-order valence-electron chi connectivity index (χ2n) is 3.97. The van der Waals surface area contributed by atoms with E-state index in [4.69, 9.17) is 0 Å². The average Bonchev–Trinajstić information content (AvgIpc) is 2.76. The molecule has 0 spiro atoms. The Labute approximate surface area is 109 Å². The lowest BCUT2D eigenvalue weighted by atomic mass is 10.2. The maximum atomic E-state index is 13.9. The van der Waals surface area contributed by atoms with E-state index in [1.807, 2.05) is 6.92 Å². The van der Waals surface area contributed by atoms with Crippen LogP contribution in [0.1, 0.15) is 5.56 Å². The highest BCUT2D eigenvalue weighted by molar-refractivity contribution is 5.99. The molecule has 0 aliphatic rings. The van der Waals surface area contributed by atoms with Gasteiger partial charge in [-0.2, -0.15) is 5.10 Å². The van der Waals surface area contributed by atoms with Crippen molar-refractivity contribution < 1.29 is 9.18 Å². The summed E-state index contributed by atoms with van der Waals surface area (Å²) in [5, 5.41) is 6.53. The Morgan fingerprint density at radius 3 is 2.95 bits per heavy atom. The molecule has 0 fully saturated rings. The van der Waals surface area contributed by atoms with E-state index in [0.29, 0.717) is 11.4 Å². The average molecular weight is 257 g/mol. The highest BCUT2D eigenvalue weighted by Crippen LogP contribution is 2.18. The predicted molar refractivity (Wildman–Crippen MR) is 70.6 cm³/mol. The summed E-state index contributed by atoms with van der Waals surface area (Å²) in [6.07, 6.45) is 4.50. The third-order valence-corrected chi connectivity index (χ3v) is 2.41. The van der Waals surface area contributed by atoms with E-state index in [1.165, 1.54) is 10.7 Å². The van der Waals surface area contributed by atoms with E-state index in [-0.39, 0.29) is 0 Å². The van der Waals surface area contributed by atoms with Crippen molar-refractivity contribution in [1.82, 2.24) is 9.78 Å². The molecule has 1 N–H and O–H groups in total. The Morgan fingerprint density at radius 2 is 2.37 bits per heavy atom. The summed E-state index contributed by atoms with van der Waals surface area (Å²) >= 11 is 0. The molecule has 4 nitrogen and oxygen atoms in total. The molecule has 0 atom stereocenters. The highest BCUT2D eigenvalue weighted by atomic mass is 19.1. The summed E-state index contributed by atoms with van der Waals surface area (Å²) in [6, 6.07) is 4.39. The van der Waals surface area contributed by atoms with Crippen LogP contribution < -0.4 is 5.32 Å². The molecule has 2 aromatic rings. The minimum Gasteiger partial charge on any atom is -0.322 e. The zero-order valence-electron chi connectivity index (χ0n) is 10.4. The van der Waals surface area contributed by atoms with Crippen LogP contribution in [0.4, 0.5) is 10.1 Å². The Kier molecular flexibility index (Phi) is 3.59. The standard InChI is InChI=1S/C14H12FN3O/c1-3-4-14(19)17-11-5-6-13(12(15)7-11)18-9-10(2)8-16-18/h4-9H,1H2,2H3,(H,17,19). The molecule has 1 aromatic heterocycles. The molecular formula is C14H12FN3O. The fourth-order valence-corrected chi connectivity index (χ4v) is 1.59. The molecule has 2 rings (SSSR count). The maximum Gasteiger partial charge on any atom is 0.256 e. The topological polar surface area (TPSA) is 46.9 Å². The maximum absolute atomic E-state index is 13.9. The van der Waals surface area contributed by atoms with Gasteiger partial charge in [0.25, 0.3) is 5.91 Å². The molecule has 19 heavy (non-hydrogen) atoms. The SMILES string of the molecule is C=C=CC(=O)Nc1ccc(-n2cc(C)cn2)c(F)c1. The molecule has 5 heteroatoms. The van der Waals surface area contributed by atoms with Crippen molar-refractivity contribution in [3.05, 3.63) is 60.4 Å². The van der Waals surface area contributed by atoms with E-state index in [1.54, 1.807) is 24.5 Å². The van der Waals surface area contributed by atoms with Crippen LogP contribution >= 0.6 is 0 Å². The number of halogens is 1. The number of nitrogens with zero attached hydrogens (tertiary/aromatic N) is 2. The Balaban J connectivity index is 2.27. The molecule has 1 aromatic carbocycles. The van der Waals surface area contributed by atoms with Gasteiger partial charge in [-0.3, -0.25) is 4.79 Å². The van der Waals surface area contributed by atoms with Gasteiger partial charge >= 0.3 is 0 Å². The van der Waals surface area contributed by atoms with Crippen LogP contribution in [-0.4, -0.2) is 15.7 Å². The van der Waals surface area contributed by atoms with Gasteiger partial charge in [0.15, 0.2) is 5.82 Å². The Hall–Kier alpha value is -2.65. The summed E-state index contributed by atoms with van der Waals surface area (Å²) in [5.74, 6) is -0.874. The number of aromatic nitrogens is 2. The van der Waals surface area contributed by atoms with Crippen molar-refractivity contribution >= 4 is 11.6 Å². The van der Waals surface area contributed by atoms with Crippen LogP contribution in [0.5, 0.6) is 0 Å². The molecule has 0 radical (unpaired) electrons. The quantitative estimate of drug-likeness (QED) is 0.678. The summed E-state index contributed by atoms with van der Waals surface area (Å²) < 4.78 is 15.4. The van der Waals surface area contributed by atoms with E-state index in [2.05, 4.69) is 22.7 Å². The van der Waals surface area contributed by atoms with E-state index in [0.717, 1.165) is 11.6 Å². The summed E-state index contributed by atoms with van der Waals surface area (Å²) in [4.78, 5) is 11.3. The number of carbonyl (C=O) groups is 1. The number of benzene rings is 1. The number of carbonyl (C=O) groups excluding carboxylic acids is 1. The van der Waals surface area contributed by atoms with Crippen molar-refractivity contribution in [3.63, 3.8) is 0 Å². The number of anilines is 1. The number of hydrogen-bond donors (Lipinski definition) is 1. The van der Waals surface area contributed by atoms with Crippen LogP contribution in [0.15, 0.2) is 49.0 Å². The zero-order chi connectivity index (χ0) is 13.8. The van der Waals surface area contributed by atoms with Gasteiger partial charge in [0, 0.05) is 18.0 Å². The zero-order valence-corrected chi connectivity index (χ0v) is 10.4. The number of nitrogens with one attached hydrogen (secondary N) is 1. The van der Waals surface area contributed by atoms with Crippen LogP contribution in [0.3, 0.4) is 0 Å². The van der Waals surface area contributed by atoms with Crippen LogP contribution in [0.25, 0.3) is 5.69 Å². The van der Waals surface area contributed by atoms with Gasteiger partial charge in [0.2, 0.25) is 0 Å². The third kappa shape index (κ3) is 2.97. The lowest BCUT2D eigenvalue weighted by Gasteiger charge is -2.06. The first-order chi connectivity index (χ1) is 9.10. The molecule has 96 valence electrons. The fraction of sp³-hybridized carbons (Fsp3) is 0.0714. The van der Waals surface area contributed by atoms with Crippen LogP contribution in [0.2, 0.25) is 0 Å². The van der Waals surface area contributed by atoms with Gasteiger partial charge in [-0.1, -0.05) is 6.58 Å². The minimum absolute atomic E-state index is 0.324. The smallest absolute Gasteiger partial charge is 0.256 e. The fourth-order valence-electron chi connectivity index (χ4n) is 1.59. The second-order valence-corrected chi connectivity index (χ2v) is 3.97. The minimum atomic E-state index is -0.469. The van der Waals surface area contributed by atoms with Crippen molar-refractivity contribution in [1.29, 1.82) is 0 Å². The van der Waals surface area contributed by atoms with Crippen molar-refractivity contribution in [3.8, 4) is 5.69 Å². The van der Waals surface area contributed by atoms with Crippen LogP contribution in [-0.2, 0) is 4.79 Å². The van der Waals surface area contributed by atoms with Crippen molar-refractivity contribution in [2.75, 3.05) is 5.32 Å². The van der Waals surface area contributed by atoms with Crippen molar-refractivity contribution in [2.45, 2.75) is 6.92 Å². The first kappa shape index (κ1) is 12.8. The van der Waals surface area contributed by atoms with Gasteiger partial charge in [0.1, 0.15) is 5.69 Å². The number of hydrogen-bond acceptors (Lipinski definition) is 2. The van der Waals surface area contributed by atoms with E-state index in [9.17, 15) is 9.18 Å². The summed E-state index contributed by atoms with van der Waals surface area (Å²) in [7, 11) is 0. The largest absolute Gasteiger partial charge is 0.322 e. The summed E-state index contributed by atoms with van der Waals surface area (Å²) in [6.45, 7) is 5.16.